The van der Waals surface area contributed by atoms with E-state index in [2.05, 4.69) is 5.32 Å². The van der Waals surface area contributed by atoms with Crippen molar-refractivity contribution in [3.8, 4) is 11.5 Å². The number of sulfonamides is 2. The van der Waals surface area contributed by atoms with Crippen LogP contribution in [0.15, 0.2) is 82.6 Å². The van der Waals surface area contributed by atoms with Crippen molar-refractivity contribution in [1.82, 2.24) is 9.62 Å². The maximum atomic E-state index is 13.7. The summed E-state index contributed by atoms with van der Waals surface area (Å²) in [6, 6.07) is 19.7. The number of benzene rings is 3. The molecule has 1 saturated heterocycles. The van der Waals surface area contributed by atoms with Gasteiger partial charge >= 0.3 is 0 Å². The Morgan fingerprint density at radius 2 is 1.56 bits per heavy atom. The Bertz CT molecular complexity index is 1660. The van der Waals surface area contributed by atoms with E-state index in [0.717, 1.165) is 18.4 Å². The van der Waals surface area contributed by atoms with Crippen LogP contribution in [-0.4, -0.2) is 65.9 Å². The molecule has 1 N–H and O–H groups in total. The largest absolute Gasteiger partial charge is 0.492 e. The van der Waals surface area contributed by atoms with Gasteiger partial charge in [-0.25, -0.2) is 16.8 Å². The van der Waals surface area contributed by atoms with Gasteiger partial charge in [0, 0.05) is 13.1 Å². The number of rotatable bonds is 9. The van der Waals surface area contributed by atoms with Crippen molar-refractivity contribution >= 4 is 31.6 Å². The quantitative estimate of drug-likeness (QED) is 0.357. The zero-order valence-corrected chi connectivity index (χ0v) is 26.2. The number of nitrogens with zero attached hydrogens (tertiary/aromatic N) is 2. The zero-order chi connectivity index (χ0) is 30.8. The number of anilines is 1. The Morgan fingerprint density at radius 3 is 2.21 bits per heavy atom. The number of amides is 1. The summed E-state index contributed by atoms with van der Waals surface area (Å²) < 4.78 is 67.3. The molecule has 2 aliphatic heterocycles. The van der Waals surface area contributed by atoms with E-state index in [4.69, 9.17) is 9.47 Å². The molecule has 2 heterocycles. The summed E-state index contributed by atoms with van der Waals surface area (Å²) in [5.41, 5.74) is 1.09. The first-order valence-corrected chi connectivity index (χ1v) is 17.1. The first-order valence-electron chi connectivity index (χ1n) is 14.3. The number of fused-ring (bicyclic) bond motifs is 1. The third-order valence-electron chi connectivity index (χ3n) is 7.51. The normalized spacial score (nSPS) is 17.7. The van der Waals surface area contributed by atoms with E-state index in [9.17, 15) is 21.6 Å². The van der Waals surface area contributed by atoms with Crippen LogP contribution < -0.4 is 19.1 Å². The molecule has 0 aromatic heterocycles. The molecule has 3 aromatic rings. The topological polar surface area (TPSA) is 122 Å². The Labute approximate surface area is 253 Å². The van der Waals surface area contributed by atoms with Crippen LogP contribution >= 0.6 is 0 Å². The standard InChI is InChI=1S/C31H37N3O7S2/c1-31(2,3)23-11-16-28-27(21-23)34(43(38,39)25-9-5-4-6-10-25)22-29(41-28)30(35)32-17-20-40-24-12-14-26(15-13-24)42(36,37)33-18-7-8-19-33/h4-6,9-16,21,29H,7-8,17-20,22H2,1-3H3,(H,32,35)/t29-/m0/s1. The van der Waals surface area contributed by atoms with Gasteiger partial charge in [-0.15, -0.1) is 0 Å². The fourth-order valence-electron chi connectivity index (χ4n) is 5.04. The van der Waals surface area contributed by atoms with Crippen LogP contribution in [0.5, 0.6) is 11.5 Å². The van der Waals surface area contributed by atoms with E-state index in [1.165, 1.54) is 32.9 Å². The van der Waals surface area contributed by atoms with E-state index in [1.807, 2.05) is 26.8 Å². The maximum Gasteiger partial charge on any atom is 0.264 e. The van der Waals surface area contributed by atoms with E-state index in [-0.39, 0.29) is 34.9 Å². The molecule has 1 fully saturated rings. The Morgan fingerprint density at radius 1 is 0.907 bits per heavy atom. The van der Waals surface area contributed by atoms with Crippen LogP contribution in [-0.2, 0) is 30.3 Å². The molecule has 0 spiro atoms. The molecular formula is C31H37N3O7S2. The lowest BCUT2D eigenvalue weighted by atomic mass is 9.86. The van der Waals surface area contributed by atoms with E-state index in [0.29, 0.717) is 30.3 Å². The molecule has 1 amide bonds. The van der Waals surface area contributed by atoms with Crippen molar-refractivity contribution < 1.29 is 31.1 Å². The van der Waals surface area contributed by atoms with Crippen molar-refractivity contribution in [1.29, 1.82) is 0 Å². The smallest absolute Gasteiger partial charge is 0.264 e. The lowest BCUT2D eigenvalue weighted by molar-refractivity contribution is -0.127. The summed E-state index contributed by atoms with van der Waals surface area (Å²) in [6.07, 6.45) is 0.647. The minimum atomic E-state index is -3.98. The highest BCUT2D eigenvalue weighted by Gasteiger charge is 2.38. The molecule has 10 nitrogen and oxygen atoms in total. The highest BCUT2D eigenvalue weighted by atomic mass is 32.2. The number of carbonyl (C=O) groups is 1. The van der Waals surface area contributed by atoms with E-state index in [1.54, 1.807) is 42.5 Å². The number of ether oxygens (including phenoxy) is 2. The lowest BCUT2D eigenvalue weighted by Crippen LogP contribution is -2.51. The van der Waals surface area contributed by atoms with Gasteiger partial charge in [-0.05, 0) is 72.4 Å². The molecule has 0 radical (unpaired) electrons. The second kappa shape index (κ2) is 12.2. The van der Waals surface area contributed by atoms with Crippen LogP contribution in [0.2, 0.25) is 0 Å². The minimum absolute atomic E-state index is 0.119. The monoisotopic (exact) mass is 627 g/mol. The molecule has 2 aliphatic rings. The van der Waals surface area contributed by atoms with Crippen LogP contribution in [0, 0.1) is 0 Å². The van der Waals surface area contributed by atoms with Gasteiger partial charge in [0.25, 0.3) is 15.9 Å². The molecule has 0 bridgehead atoms. The van der Waals surface area contributed by atoms with Crippen LogP contribution in [0.4, 0.5) is 5.69 Å². The summed E-state index contributed by atoms with van der Waals surface area (Å²) in [5, 5.41) is 2.76. The van der Waals surface area contributed by atoms with Crippen molar-refractivity contribution in [3.05, 3.63) is 78.4 Å². The molecular weight excluding hydrogens is 590 g/mol. The van der Waals surface area contributed by atoms with Crippen molar-refractivity contribution in [3.63, 3.8) is 0 Å². The second-order valence-corrected chi connectivity index (χ2v) is 15.4. The summed E-state index contributed by atoms with van der Waals surface area (Å²) in [7, 11) is -7.49. The van der Waals surface area contributed by atoms with Crippen LogP contribution in [0.1, 0.15) is 39.2 Å². The van der Waals surface area contributed by atoms with Gasteiger partial charge in [0.2, 0.25) is 10.0 Å². The van der Waals surface area contributed by atoms with Gasteiger partial charge in [0.05, 0.1) is 28.6 Å². The fraction of sp³-hybridized carbons (Fsp3) is 0.387. The number of carbonyl (C=O) groups excluding carboxylic acids is 1. The van der Waals surface area contributed by atoms with Crippen LogP contribution in [0.3, 0.4) is 0 Å². The average Bonchev–Trinajstić information content (AvgIpc) is 3.55. The Kier molecular flexibility index (Phi) is 8.73. The predicted molar refractivity (Wildman–Crippen MR) is 163 cm³/mol. The summed E-state index contributed by atoms with van der Waals surface area (Å²) in [5.74, 6) is 0.292. The van der Waals surface area contributed by atoms with Crippen molar-refractivity contribution in [2.45, 2.75) is 54.9 Å². The summed E-state index contributed by atoms with van der Waals surface area (Å²) in [6.45, 7) is 7.24. The molecule has 43 heavy (non-hydrogen) atoms. The Hall–Kier alpha value is -3.61. The number of hydrogen-bond acceptors (Lipinski definition) is 7. The summed E-state index contributed by atoms with van der Waals surface area (Å²) in [4.78, 5) is 13.5. The zero-order valence-electron chi connectivity index (χ0n) is 24.5. The van der Waals surface area contributed by atoms with Gasteiger partial charge in [-0.2, -0.15) is 4.31 Å². The third kappa shape index (κ3) is 6.66. The predicted octanol–water partition coefficient (Wildman–Crippen LogP) is 3.92. The molecule has 0 saturated carbocycles. The molecule has 0 aliphatic carbocycles. The molecule has 1 atom stereocenters. The van der Waals surface area contributed by atoms with Gasteiger partial charge in [0.15, 0.2) is 6.10 Å². The van der Waals surface area contributed by atoms with E-state index < -0.39 is 32.1 Å². The maximum absolute atomic E-state index is 13.7. The van der Waals surface area contributed by atoms with Gasteiger partial charge in [-0.3, -0.25) is 9.10 Å². The highest BCUT2D eigenvalue weighted by molar-refractivity contribution is 7.92. The molecule has 3 aromatic carbocycles. The Balaban J connectivity index is 1.24. The number of hydrogen-bond donors (Lipinski definition) is 1. The SMILES string of the molecule is CC(C)(C)c1ccc2c(c1)N(S(=O)(=O)c1ccccc1)C[C@@H](C(=O)NCCOc1ccc(S(=O)(=O)N3CCCC3)cc1)O2. The molecule has 12 heteroatoms. The van der Waals surface area contributed by atoms with Gasteiger partial charge in [-0.1, -0.05) is 45.0 Å². The number of nitrogens with one attached hydrogen (secondary N) is 1. The highest BCUT2D eigenvalue weighted by Crippen LogP contribution is 2.40. The average molecular weight is 628 g/mol. The molecule has 5 rings (SSSR count). The fourth-order valence-corrected chi connectivity index (χ4v) is 8.05. The van der Waals surface area contributed by atoms with Gasteiger partial charge in [0.1, 0.15) is 18.1 Å². The summed E-state index contributed by atoms with van der Waals surface area (Å²) >= 11 is 0. The van der Waals surface area contributed by atoms with Gasteiger partial charge < -0.3 is 14.8 Å². The second-order valence-electron chi connectivity index (χ2n) is 11.6. The minimum Gasteiger partial charge on any atom is -0.492 e. The lowest BCUT2D eigenvalue weighted by Gasteiger charge is -2.36. The third-order valence-corrected chi connectivity index (χ3v) is 11.2. The molecule has 0 unspecified atom stereocenters. The first-order chi connectivity index (χ1) is 20.4. The van der Waals surface area contributed by atoms with Crippen molar-refractivity contribution in [2.75, 3.05) is 37.1 Å². The molecule has 230 valence electrons. The first kappa shape index (κ1) is 30.8. The van der Waals surface area contributed by atoms with Crippen molar-refractivity contribution in [2.24, 2.45) is 0 Å². The van der Waals surface area contributed by atoms with E-state index >= 15 is 0 Å². The van der Waals surface area contributed by atoms with Crippen LogP contribution in [0.25, 0.3) is 0 Å².